The Balaban J connectivity index is 2.49. The van der Waals surface area contributed by atoms with E-state index in [1.54, 1.807) is 7.11 Å². The molecule has 1 aliphatic rings. The van der Waals surface area contributed by atoms with Gasteiger partial charge in [-0.1, -0.05) is 27.2 Å². The minimum absolute atomic E-state index is 0.0593. The van der Waals surface area contributed by atoms with Crippen LogP contribution in [-0.4, -0.2) is 17.1 Å². The first-order chi connectivity index (χ1) is 9.39. The average Bonchev–Trinajstić information content (AvgIpc) is 2.37. The van der Waals surface area contributed by atoms with Gasteiger partial charge in [0.25, 0.3) is 5.56 Å². The molecule has 1 fully saturated rings. The molecule has 112 valence electrons. The monoisotopic (exact) mass is 279 g/mol. The minimum Gasteiger partial charge on any atom is -0.383 e. The van der Waals surface area contributed by atoms with Crippen LogP contribution in [0.2, 0.25) is 0 Å². The van der Waals surface area contributed by atoms with Crippen LogP contribution < -0.4 is 11.3 Å². The normalized spacial score (nSPS) is 26.9. The Hall–Kier alpha value is -1.36. The van der Waals surface area contributed by atoms with E-state index in [0.717, 1.165) is 19.3 Å². The van der Waals surface area contributed by atoms with Crippen molar-refractivity contribution in [2.75, 3.05) is 12.8 Å². The van der Waals surface area contributed by atoms with Crippen molar-refractivity contribution in [1.29, 1.82) is 0 Å². The summed E-state index contributed by atoms with van der Waals surface area (Å²) in [4.78, 5) is 19.6. The highest BCUT2D eigenvalue weighted by molar-refractivity contribution is 5.40. The third-order valence-corrected chi connectivity index (χ3v) is 4.34. The Bertz CT molecular complexity index is 538. The molecule has 2 rings (SSSR count). The summed E-state index contributed by atoms with van der Waals surface area (Å²) < 4.78 is 5.76. The van der Waals surface area contributed by atoms with Crippen LogP contribution in [0.1, 0.15) is 63.8 Å². The van der Waals surface area contributed by atoms with E-state index in [-0.39, 0.29) is 11.5 Å². The maximum absolute atomic E-state index is 12.3. The molecule has 0 radical (unpaired) electrons. The van der Waals surface area contributed by atoms with E-state index < -0.39 is 5.60 Å². The van der Waals surface area contributed by atoms with Crippen molar-refractivity contribution in [1.82, 2.24) is 9.97 Å². The maximum Gasteiger partial charge on any atom is 0.256 e. The summed E-state index contributed by atoms with van der Waals surface area (Å²) in [6, 6.07) is 0. The van der Waals surface area contributed by atoms with Crippen LogP contribution in [-0.2, 0) is 10.3 Å². The van der Waals surface area contributed by atoms with Gasteiger partial charge in [0.05, 0.1) is 5.56 Å². The molecular formula is C15H25N3O2. The molecule has 0 bridgehead atoms. The molecule has 20 heavy (non-hydrogen) atoms. The highest BCUT2D eigenvalue weighted by atomic mass is 16.5. The number of anilines is 1. The molecule has 3 N–H and O–H groups in total. The van der Waals surface area contributed by atoms with E-state index in [0.29, 0.717) is 23.1 Å². The van der Waals surface area contributed by atoms with E-state index in [1.165, 1.54) is 6.42 Å². The molecule has 0 aliphatic heterocycles. The predicted octanol–water partition coefficient (Wildman–Crippen LogP) is 2.53. The van der Waals surface area contributed by atoms with Crippen LogP contribution in [0.25, 0.3) is 0 Å². The van der Waals surface area contributed by atoms with Gasteiger partial charge >= 0.3 is 0 Å². The maximum atomic E-state index is 12.3. The van der Waals surface area contributed by atoms with Crippen molar-refractivity contribution in [3.05, 3.63) is 21.7 Å². The lowest BCUT2D eigenvalue weighted by molar-refractivity contribution is -0.0647. The van der Waals surface area contributed by atoms with E-state index in [1.807, 2.05) is 13.8 Å². The second-order valence-electron chi connectivity index (χ2n) is 6.27. The fourth-order valence-corrected chi connectivity index (χ4v) is 3.27. The van der Waals surface area contributed by atoms with E-state index in [9.17, 15) is 4.79 Å². The third-order valence-electron chi connectivity index (χ3n) is 4.34. The fourth-order valence-electron chi connectivity index (χ4n) is 3.27. The fraction of sp³-hybridized carbons (Fsp3) is 0.733. The number of nitrogen functional groups attached to an aromatic ring is 1. The Morgan fingerprint density at radius 2 is 2.20 bits per heavy atom. The third kappa shape index (κ3) is 2.59. The van der Waals surface area contributed by atoms with Gasteiger partial charge in [0.15, 0.2) is 0 Å². The molecule has 0 spiro atoms. The summed E-state index contributed by atoms with van der Waals surface area (Å²) in [6.07, 6.45) is 4.00. The number of rotatable bonds is 3. The van der Waals surface area contributed by atoms with Crippen LogP contribution >= 0.6 is 0 Å². The molecule has 1 aliphatic carbocycles. The number of nitrogens with two attached hydrogens (primary N) is 1. The van der Waals surface area contributed by atoms with Gasteiger partial charge in [-0.2, -0.15) is 0 Å². The zero-order valence-corrected chi connectivity index (χ0v) is 12.8. The molecule has 2 unspecified atom stereocenters. The first kappa shape index (κ1) is 15.0. The second kappa shape index (κ2) is 5.56. The van der Waals surface area contributed by atoms with Gasteiger partial charge in [-0.3, -0.25) is 4.79 Å². The lowest BCUT2D eigenvalue weighted by Gasteiger charge is -2.38. The summed E-state index contributed by atoms with van der Waals surface area (Å²) in [5, 5.41) is 0. The molecule has 1 aromatic heterocycles. The number of hydrogen-bond donors (Lipinski definition) is 2. The van der Waals surface area contributed by atoms with Crippen molar-refractivity contribution >= 4 is 5.82 Å². The molecule has 0 aromatic carbocycles. The average molecular weight is 279 g/mol. The Morgan fingerprint density at radius 3 is 2.70 bits per heavy atom. The zero-order valence-electron chi connectivity index (χ0n) is 12.8. The second-order valence-corrected chi connectivity index (χ2v) is 6.27. The largest absolute Gasteiger partial charge is 0.383 e. The Morgan fingerprint density at radius 1 is 1.50 bits per heavy atom. The number of ether oxygens (including phenoxy) is 1. The van der Waals surface area contributed by atoms with E-state index in [2.05, 4.69) is 16.9 Å². The molecule has 2 atom stereocenters. The van der Waals surface area contributed by atoms with E-state index >= 15 is 0 Å². The van der Waals surface area contributed by atoms with Gasteiger partial charge in [-0.25, -0.2) is 4.98 Å². The minimum atomic E-state index is -0.500. The van der Waals surface area contributed by atoms with Crippen LogP contribution in [0.3, 0.4) is 0 Å². The number of nitrogens with zero attached hydrogens (tertiary/aromatic N) is 1. The first-order valence-electron chi connectivity index (χ1n) is 7.35. The van der Waals surface area contributed by atoms with Crippen molar-refractivity contribution in [3.63, 3.8) is 0 Å². The van der Waals surface area contributed by atoms with Crippen LogP contribution in [0.15, 0.2) is 4.79 Å². The summed E-state index contributed by atoms with van der Waals surface area (Å²) in [7, 11) is 1.69. The van der Waals surface area contributed by atoms with Crippen molar-refractivity contribution in [3.8, 4) is 0 Å². The Labute approximate surface area is 119 Å². The zero-order chi connectivity index (χ0) is 14.9. The van der Waals surface area contributed by atoms with Gasteiger partial charge in [-0.05, 0) is 31.1 Å². The van der Waals surface area contributed by atoms with Gasteiger partial charge in [-0.15, -0.1) is 0 Å². The molecule has 1 aromatic rings. The number of methoxy groups -OCH3 is 1. The summed E-state index contributed by atoms with van der Waals surface area (Å²) in [5.41, 5.74) is 5.91. The molecule has 5 heteroatoms. The number of aromatic amines is 1. The van der Waals surface area contributed by atoms with Crippen LogP contribution in [0.4, 0.5) is 5.82 Å². The standard InChI is InChI=1S/C15H25N3O2/c1-9(2)11-12(16)17-14(18-13(11)19)15(20-4)7-5-6-10(3)8-15/h9-10H,5-8H2,1-4H3,(H3,16,17,18,19). The van der Waals surface area contributed by atoms with Crippen molar-refractivity contribution in [2.45, 2.75) is 58.0 Å². The van der Waals surface area contributed by atoms with Crippen LogP contribution in [0.5, 0.6) is 0 Å². The van der Waals surface area contributed by atoms with Crippen molar-refractivity contribution in [2.24, 2.45) is 5.92 Å². The van der Waals surface area contributed by atoms with Gasteiger partial charge in [0.2, 0.25) is 0 Å². The highest BCUT2D eigenvalue weighted by Gasteiger charge is 2.39. The van der Waals surface area contributed by atoms with E-state index in [4.69, 9.17) is 10.5 Å². The number of hydrogen-bond acceptors (Lipinski definition) is 4. The molecule has 1 heterocycles. The van der Waals surface area contributed by atoms with Gasteiger partial charge < -0.3 is 15.5 Å². The SMILES string of the molecule is COC1(c2nc(N)c(C(C)C)c(=O)[nH]2)CCCC(C)C1. The summed E-state index contributed by atoms with van der Waals surface area (Å²) in [6.45, 7) is 6.09. The van der Waals surface area contributed by atoms with Crippen LogP contribution in [0, 0.1) is 5.92 Å². The Kier molecular flexibility index (Phi) is 4.18. The first-order valence-corrected chi connectivity index (χ1v) is 7.35. The molecule has 1 saturated carbocycles. The van der Waals surface area contributed by atoms with Gasteiger partial charge in [0, 0.05) is 7.11 Å². The lowest BCUT2D eigenvalue weighted by Crippen LogP contribution is -2.38. The molecular weight excluding hydrogens is 254 g/mol. The molecule has 5 nitrogen and oxygen atoms in total. The lowest BCUT2D eigenvalue weighted by atomic mass is 9.78. The smallest absolute Gasteiger partial charge is 0.256 e. The number of aromatic nitrogens is 2. The van der Waals surface area contributed by atoms with Crippen molar-refractivity contribution < 1.29 is 4.74 Å². The highest BCUT2D eigenvalue weighted by Crippen LogP contribution is 2.41. The van der Waals surface area contributed by atoms with Gasteiger partial charge in [0.1, 0.15) is 17.2 Å². The number of H-pyrrole nitrogens is 1. The predicted molar refractivity (Wildman–Crippen MR) is 79.7 cm³/mol. The summed E-state index contributed by atoms with van der Waals surface area (Å²) in [5.74, 6) is 1.52. The number of nitrogens with one attached hydrogen (secondary N) is 1. The molecule has 0 amide bonds. The quantitative estimate of drug-likeness (QED) is 0.891. The summed E-state index contributed by atoms with van der Waals surface area (Å²) >= 11 is 0. The topological polar surface area (TPSA) is 81.0 Å². The molecule has 0 saturated heterocycles.